The second kappa shape index (κ2) is 5.90. The fourth-order valence-corrected chi connectivity index (χ4v) is 2.55. The Morgan fingerprint density at radius 2 is 2.10 bits per heavy atom. The molecule has 0 bridgehead atoms. The molecule has 0 spiro atoms. The van der Waals surface area contributed by atoms with E-state index in [0.717, 1.165) is 5.69 Å². The molecule has 0 unspecified atom stereocenters. The third kappa shape index (κ3) is 3.01. The predicted octanol–water partition coefficient (Wildman–Crippen LogP) is 1.24. The Balaban J connectivity index is 2.19. The van der Waals surface area contributed by atoms with Crippen molar-refractivity contribution in [3.05, 3.63) is 23.8 Å². The molecule has 1 aliphatic heterocycles. The van der Waals surface area contributed by atoms with Crippen LogP contribution in [-0.4, -0.2) is 54.9 Å². The van der Waals surface area contributed by atoms with Crippen LogP contribution in [0, 0.1) is 0 Å². The number of amides is 1. The Hall–Kier alpha value is -2.44. The summed E-state index contributed by atoms with van der Waals surface area (Å²) in [6.07, 6.45) is -0.907. The second-order valence-corrected chi connectivity index (χ2v) is 5.04. The molecule has 1 saturated heterocycles. The molecular formula is C14H19N3O4. The fraction of sp³-hybridized carbons (Fsp3) is 0.429. The van der Waals surface area contributed by atoms with Crippen molar-refractivity contribution in [1.82, 2.24) is 4.90 Å². The quantitative estimate of drug-likeness (QED) is 0.629. The number of benzene rings is 1. The van der Waals surface area contributed by atoms with Gasteiger partial charge in [-0.2, -0.15) is 0 Å². The zero-order valence-electron chi connectivity index (χ0n) is 12.1. The summed E-state index contributed by atoms with van der Waals surface area (Å²) in [6, 6.07) is 5.03. The van der Waals surface area contributed by atoms with Gasteiger partial charge >= 0.3 is 12.1 Å². The molecule has 21 heavy (non-hydrogen) atoms. The summed E-state index contributed by atoms with van der Waals surface area (Å²) in [4.78, 5) is 25.9. The SMILES string of the molecule is COC(=O)c1ccc(N2CCN(C(=O)O)C[C@H]2C)c(N)c1. The summed E-state index contributed by atoms with van der Waals surface area (Å²) < 4.78 is 4.66. The van der Waals surface area contributed by atoms with E-state index in [1.807, 2.05) is 6.92 Å². The Kier molecular flexibility index (Phi) is 4.21. The number of rotatable bonds is 2. The number of anilines is 2. The number of esters is 1. The number of carbonyl (C=O) groups is 2. The van der Waals surface area contributed by atoms with Gasteiger partial charge in [0.1, 0.15) is 0 Å². The van der Waals surface area contributed by atoms with E-state index in [2.05, 4.69) is 9.64 Å². The van der Waals surface area contributed by atoms with Crippen LogP contribution in [0.15, 0.2) is 18.2 Å². The zero-order valence-corrected chi connectivity index (χ0v) is 12.1. The summed E-state index contributed by atoms with van der Waals surface area (Å²) in [5.41, 5.74) is 7.71. The highest BCUT2D eigenvalue weighted by atomic mass is 16.5. The molecule has 3 N–H and O–H groups in total. The van der Waals surface area contributed by atoms with Gasteiger partial charge in [0.25, 0.3) is 0 Å². The summed E-state index contributed by atoms with van der Waals surface area (Å²) in [6.45, 7) is 3.36. The maximum atomic E-state index is 11.5. The van der Waals surface area contributed by atoms with E-state index in [1.165, 1.54) is 12.0 Å². The van der Waals surface area contributed by atoms with E-state index >= 15 is 0 Å². The second-order valence-electron chi connectivity index (χ2n) is 5.04. The normalized spacial score (nSPS) is 18.5. The van der Waals surface area contributed by atoms with Gasteiger partial charge in [-0.1, -0.05) is 0 Å². The van der Waals surface area contributed by atoms with Gasteiger partial charge in [-0.3, -0.25) is 0 Å². The fourth-order valence-electron chi connectivity index (χ4n) is 2.55. The molecule has 1 atom stereocenters. The first-order valence-corrected chi connectivity index (χ1v) is 6.66. The number of piperazine rings is 1. The van der Waals surface area contributed by atoms with Crippen LogP contribution in [0.5, 0.6) is 0 Å². The number of ether oxygens (including phenoxy) is 1. The number of nitrogens with zero attached hydrogens (tertiary/aromatic N) is 2. The monoisotopic (exact) mass is 293 g/mol. The number of carboxylic acid groups (broad SMARTS) is 1. The largest absolute Gasteiger partial charge is 0.465 e. The van der Waals surface area contributed by atoms with Crippen molar-refractivity contribution in [2.75, 3.05) is 37.4 Å². The van der Waals surface area contributed by atoms with Gasteiger partial charge in [0.2, 0.25) is 0 Å². The van der Waals surface area contributed by atoms with E-state index in [9.17, 15) is 9.59 Å². The van der Waals surface area contributed by atoms with Crippen LogP contribution in [0.4, 0.5) is 16.2 Å². The first-order chi connectivity index (χ1) is 9.93. The number of nitrogen functional groups attached to an aromatic ring is 1. The summed E-state index contributed by atoms with van der Waals surface area (Å²) >= 11 is 0. The van der Waals surface area contributed by atoms with E-state index in [-0.39, 0.29) is 6.04 Å². The van der Waals surface area contributed by atoms with E-state index in [1.54, 1.807) is 18.2 Å². The van der Waals surface area contributed by atoms with Crippen LogP contribution in [0.2, 0.25) is 0 Å². The Bertz CT molecular complexity index is 561. The number of nitrogens with two attached hydrogens (primary N) is 1. The highest BCUT2D eigenvalue weighted by Gasteiger charge is 2.27. The van der Waals surface area contributed by atoms with Crippen LogP contribution in [0.3, 0.4) is 0 Å². The maximum absolute atomic E-state index is 11.5. The molecule has 0 aromatic heterocycles. The van der Waals surface area contributed by atoms with Gasteiger partial charge < -0.3 is 25.4 Å². The summed E-state index contributed by atoms with van der Waals surface area (Å²) in [5, 5.41) is 9.02. The molecule has 0 radical (unpaired) electrons. The molecule has 1 heterocycles. The summed E-state index contributed by atoms with van der Waals surface area (Å²) in [7, 11) is 1.32. The summed E-state index contributed by atoms with van der Waals surface area (Å²) in [5.74, 6) is -0.433. The molecule has 7 nitrogen and oxygen atoms in total. The lowest BCUT2D eigenvalue weighted by atomic mass is 10.1. The first-order valence-electron chi connectivity index (χ1n) is 6.66. The van der Waals surface area contributed by atoms with Crippen LogP contribution < -0.4 is 10.6 Å². The topological polar surface area (TPSA) is 96.1 Å². The molecule has 0 aliphatic carbocycles. The molecule has 7 heteroatoms. The van der Waals surface area contributed by atoms with Crippen molar-refractivity contribution >= 4 is 23.4 Å². The average Bonchev–Trinajstić information content (AvgIpc) is 2.46. The lowest BCUT2D eigenvalue weighted by molar-refractivity contribution is 0.0600. The molecule has 1 aliphatic rings. The number of hydrogen-bond donors (Lipinski definition) is 2. The molecule has 1 aromatic rings. The minimum atomic E-state index is -0.907. The van der Waals surface area contributed by atoms with Crippen LogP contribution >= 0.6 is 0 Å². The minimum absolute atomic E-state index is 0.0149. The number of methoxy groups -OCH3 is 1. The number of carbonyl (C=O) groups excluding carboxylic acids is 1. The molecule has 2 rings (SSSR count). The third-order valence-corrected chi connectivity index (χ3v) is 3.66. The average molecular weight is 293 g/mol. The van der Waals surface area contributed by atoms with Gasteiger partial charge in [-0.25, -0.2) is 9.59 Å². The molecule has 0 saturated carbocycles. The van der Waals surface area contributed by atoms with Crippen molar-refractivity contribution in [1.29, 1.82) is 0 Å². The third-order valence-electron chi connectivity index (χ3n) is 3.66. The van der Waals surface area contributed by atoms with Crippen molar-refractivity contribution < 1.29 is 19.4 Å². The predicted molar refractivity (Wildman–Crippen MR) is 78.6 cm³/mol. The maximum Gasteiger partial charge on any atom is 0.407 e. The van der Waals surface area contributed by atoms with Crippen LogP contribution in [-0.2, 0) is 4.74 Å². The standard InChI is InChI=1S/C14H19N3O4/c1-9-8-16(14(19)20)5-6-17(9)12-4-3-10(7-11(12)15)13(18)21-2/h3-4,7,9H,5-6,8,15H2,1-2H3,(H,19,20)/t9-/m1/s1. The van der Waals surface area contributed by atoms with Crippen LogP contribution in [0.25, 0.3) is 0 Å². The molecule has 1 amide bonds. The minimum Gasteiger partial charge on any atom is -0.465 e. The lowest BCUT2D eigenvalue weighted by Crippen LogP contribution is -2.53. The number of hydrogen-bond acceptors (Lipinski definition) is 5. The van der Waals surface area contributed by atoms with Crippen molar-refractivity contribution in [3.8, 4) is 0 Å². The molecule has 1 aromatic carbocycles. The van der Waals surface area contributed by atoms with Crippen molar-refractivity contribution in [3.63, 3.8) is 0 Å². The van der Waals surface area contributed by atoms with Crippen molar-refractivity contribution in [2.45, 2.75) is 13.0 Å². The van der Waals surface area contributed by atoms with Gasteiger partial charge in [0, 0.05) is 25.7 Å². The lowest BCUT2D eigenvalue weighted by Gasteiger charge is -2.40. The van der Waals surface area contributed by atoms with E-state index < -0.39 is 12.1 Å². The van der Waals surface area contributed by atoms with Crippen LogP contribution in [0.1, 0.15) is 17.3 Å². The van der Waals surface area contributed by atoms with Crippen molar-refractivity contribution in [2.24, 2.45) is 0 Å². The smallest absolute Gasteiger partial charge is 0.407 e. The van der Waals surface area contributed by atoms with Gasteiger partial charge in [-0.15, -0.1) is 0 Å². The molecular weight excluding hydrogens is 274 g/mol. The molecule has 1 fully saturated rings. The van der Waals surface area contributed by atoms with E-state index in [0.29, 0.717) is 30.9 Å². The highest BCUT2D eigenvalue weighted by Crippen LogP contribution is 2.28. The first kappa shape index (κ1) is 15.0. The Morgan fingerprint density at radius 3 is 2.62 bits per heavy atom. The highest BCUT2D eigenvalue weighted by molar-refractivity contribution is 5.92. The van der Waals surface area contributed by atoms with Gasteiger partial charge in [-0.05, 0) is 25.1 Å². The Labute approximate surface area is 122 Å². The zero-order chi connectivity index (χ0) is 15.6. The molecule has 114 valence electrons. The Morgan fingerprint density at radius 1 is 1.38 bits per heavy atom. The van der Waals surface area contributed by atoms with Gasteiger partial charge in [0.15, 0.2) is 0 Å². The van der Waals surface area contributed by atoms with E-state index in [4.69, 9.17) is 10.8 Å². The van der Waals surface area contributed by atoms with Gasteiger partial charge in [0.05, 0.1) is 24.0 Å².